The average molecular weight is 489 g/mol. The van der Waals surface area contributed by atoms with Gasteiger partial charge in [-0.15, -0.1) is 0 Å². The molecule has 144 valence electrons. The first-order valence-electron chi connectivity index (χ1n) is 8.97. The summed E-state index contributed by atoms with van der Waals surface area (Å²) in [5.41, 5.74) is 3.87. The molecule has 28 heavy (non-hydrogen) atoms. The highest BCUT2D eigenvalue weighted by Gasteiger charge is 2.11. The molecule has 0 spiro atoms. The molecule has 0 atom stereocenters. The van der Waals surface area contributed by atoms with Gasteiger partial charge in [-0.05, 0) is 82.1 Å². The molecule has 0 bridgehead atoms. The zero-order chi connectivity index (χ0) is 19.9. The van der Waals surface area contributed by atoms with E-state index in [2.05, 4.69) is 46.6 Å². The fourth-order valence-electron chi connectivity index (χ4n) is 2.70. The molecule has 0 aliphatic heterocycles. The van der Waals surface area contributed by atoms with E-state index in [0.717, 1.165) is 26.8 Å². The van der Waals surface area contributed by atoms with Crippen molar-refractivity contribution in [3.05, 3.63) is 86.7 Å². The van der Waals surface area contributed by atoms with Crippen LogP contribution in [0.4, 0.5) is 10.1 Å². The molecule has 0 saturated heterocycles. The first-order valence-corrected chi connectivity index (χ1v) is 10.0. The van der Waals surface area contributed by atoms with Crippen molar-refractivity contribution in [1.82, 2.24) is 0 Å². The number of benzene rings is 3. The van der Waals surface area contributed by atoms with Gasteiger partial charge in [0.15, 0.2) is 11.5 Å². The van der Waals surface area contributed by atoms with Crippen molar-refractivity contribution >= 4 is 34.5 Å². The van der Waals surface area contributed by atoms with Gasteiger partial charge in [0.1, 0.15) is 12.4 Å². The number of aliphatic imine (C=N–C) groups is 1. The van der Waals surface area contributed by atoms with Gasteiger partial charge in [0.25, 0.3) is 0 Å². The van der Waals surface area contributed by atoms with Gasteiger partial charge in [-0.25, -0.2) is 4.39 Å². The van der Waals surface area contributed by atoms with Crippen molar-refractivity contribution in [1.29, 1.82) is 0 Å². The highest BCUT2D eigenvalue weighted by molar-refractivity contribution is 14.1. The fraction of sp³-hybridized carbons (Fsp3) is 0.174. The van der Waals surface area contributed by atoms with Gasteiger partial charge in [-0.1, -0.05) is 31.2 Å². The number of hydrogen-bond acceptors (Lipinski definition) is 3. The van der Waals surface area contributed by atoms with E-state index in [9.17, 15) is 4.39 Å². The van der Waals surface area contributed by atoms with Crippen LogP contribution < -0.4 is 9.47 Å². The lowest BCUT2D eigenvalue weighted by molar-refractivity contribution is 0.282. The number of ether oxygens (including phenoxy) is 2. The maximum Gasteiger partial charge on any atom is 0.174 e. The summed E-state index contributed by atoms with van der Waals surface area (Å²) in [4.78, 5) is 4.53. The Labute approximate surface area is 178 Å². The van der Waals surface area contributed by atoms with Crippen molar-refractivity contribution in [2.45, 2.75) is 20.0 Å². The third kappa shape index (κ3) is 5.32. The van der Waals surface area contributed by atoms with E-state index in [1.54, 1.807) is 13.2 Å². The first kappa shape index (κ1) is 20.3. The standard InChI is InChI=1S/C23H21FINO2/c1-3-16-7-9-20(10-8-16)26-14-18-12-21(25)23(22(13-18)27-2)28-15-17-5-4-6-19(24)11-17/h4-14H,3,15H2,1-2H3. The lowest BCUT2D eigenvalue weighted by Gasteiger charge is -2.13. The summed E-state index contributed by atoms with van der Waals surface area (Å²) in [6, 6.07) is 18.4. The quantitative estimate of drug-likeness (QED) is 0.287. The minimum absolute atomic E-state index is 0.265. The smallest absolute Gasteiger partial charge is 0.174 e. The van der Waals surface area contributed by atoms with Gasteiger partial charge in [0.05, 0.1) is 16.4 Å². The number of halogens is 2. The van der Waals surface area contributed by atoms with Gasteiger partial charge in [0.2, 0.25) is 0 Å². The summed E-state index contributed by atoms with van der Waals surface area (Å²) in [5.74, 6) is 0.976. The summed E-state index contributed by atoms with van der Waals surface area (Å²) >= 11 is 2.21. The van der Waals surface area contributed by atoms with Crippen LogP contribution in [0.2, 0.25) is 0 Å². The van der Waals surface area contributed by atoms with Crippen LogP contribution in [-0.2, 0) is 13.0 Å². The summed E-state index contributed by atoms with van der Waals surface area (Å²) in [7, 11) is 1.60. The van der Waals surface area contributed by atoms with Crippen LogP contribution in [0, 0.1) is 9.39 Å². The molecular weight excluding hydrogens is 468 g/mol. The molecular formula is C23H21FINO2. The number of nitrogens with zero attached hydrogens (tertiary/aromatic N) is 1. The molecule has 0 aliphatic carbocycles. The van der Waals surface area contributed by atoms with Crippen LogP contribution in [0.5, 0.6) is 11.5 Å². The fourth-order valence-corrected chi connectivity index (χ4v) is 3.48. The summed E-state index contributed by atoms with van der Waals surface area (Å²) in [6.07, 6.45) is 2.82. The Morgan fingerprint density at radius 3 is 2.50 bits per heavy atom. The van der Waals surface area contributed by atoms with E-state index in [0.29, 0.717) is 11.5 Å². The second-order valence-corrected chi connectivity index (χ2v) is 7.39. The van der Waals surface area contributed by atoms with Crippen LogP contribution in [0.3, 0.4) is 0 Å². The summed E-state index contributed by atoms with van der Waals surface area (Å²) in [5, 5.41) is 0. The molecule has 0 aliphatic rings. The third-order valence-electron chi connectivity index (χ3n) is 4.23. The van der Waals surface area contributed by atoms with E-state index < -0.39 is 0 Å². The summed E-state index contributed by atoms with van der Waals surface area (Å²) in [6.45, 7) is 2.39. The molecule has 0 heterocycles. The molecule has 0 unspecified atom stereocenters. The van der Waals surface area contributed by atoms with Gasteiger partial charge >= 0.3 is 0 Å². The van der Waals surface area contributed by atoms with Gasteiger partial charge in [-0.3, -0.25) is 4.99 Å². The van der Waals surface area contributed by atoms with E-state index in [-0.39, 0.29) is 12.4 Å². The topological polar surface area (TPSA) is 30.8 Å². The summed E-state index contributed by atoms with van der Waals surface area (Å²) < 4.78 is 25.6. The van der Waals surface area contributed by atoms with Crippen LogP contribution in [0.15, 0.2) is 65.7 Å². The van der Waals surface area contributed by atoms with Gasteiger partial charge < -0.3 is 9.47 Å². The average Bonchev–Trinajstić information content (AvgIpc) is 2.71. The number of methoxy groups -OCH3 is 1. The molecule has 3 aromatic carbocycles. The van der Waals surface area contributed by atoms with Crippen LogP contribution >= 0.6 is 22.6 Å². The molecule has 3 nitrogen and oxygen atoms in total. The predicted molar refractivity (Wildman–Crippen MR) is 120 cm³/mol. The second kappa shape index (κ2) is 9.68. The Kier molecular flexibility index (Phi) is 7.03. The van der Waals surface area contributed by atoms with Crippen molar-refractivity contribution in [2.24, 2.45) is 4.99 Å². The SMILES string of the molecule is CCc1ccc(N=Cc2cc(I)c(OCc3cccc(F)c3)c(OC)c2)cc1. The Bertz CT molecular complexity index is 971. The van der Waals surface area contributed by atoms with E-state index in [4.69, 9.17) is 9.47 Å². The Morgan fingerprint density at radius 2 is 1.82 bits per heavy atom. The van der Waals surface area contributed by atoms with Crippen LogP contribution in [0.1, 0.15) is 23.6 Å². The minimum Gasteiger partial charge on any atom is -0.493 e. The maximum absolute atomic E-state index is 13.3. The first-order chi connectivity index (χ1) is 13.6. The molecule has 0 radical (unpaired) electrons. The van der Waals surface area contributed by atoms with E-state index >= 15 is 0 Å². The Morgan fingerprint density at radius 1 is 1.04 bits per heavy atom. The lowest BCUT2D eigenvalue weighted by atomic mass is 10.1. The zero-order valence-electron chi connectivity index (χ0n) is 15.8. The van der Waals surface area contributed by atoms with Gasteiger partial charge in [-0.2, -0.15) is 0 Å². The van der Waals surface area contributed by atoms with Gasteiger partial charge in [0, 0.05) is 6.21 Å². The maximum atomic E-state index is 13.3. The van der Waals surface area contributed by atoms with Crippen LogP contribution in [-0.4, -0.2) is 13.3 Å². The van der Waals surface area contributed by atoms with E-state index in [1.807, 2.05) is 36.5 Å². The molecule has 3 rings (SSSR count). The molecule has 0 saturated carbocycles. The molecule has 5 heteroatoms. The molecule has 0 aromatic heterocycles. The Hall–Kier alpha value is -2.41. The van der Waals surface area contributed by atoms with Crippen molar-refractivity contribution in [2.75, 3.05) is 7.11 Å². The Balaban J connectivity index is 1.77. The zero-order valence-corrected chi connectivity index (χ0v) is 17.9. The van der Waals surface area contributed by atoms with Crippen molar-refractivity contribution in [3.63, 3.8) is 0 Å². The lowest BCUT2D eigenvalue weighted by Crippen LogP contribution is -2.01. The normalized spacial score (nSPS) is 11.0. The predicted octanol–water partition coefficient (Wildman–Crippen LogP) is 6.33. The number of aryl methyl sites for hydroxylation is 1. The monoisotopic (exact) mass is 489 g/mol. The number of hydrogen-bond donors (Lipinski definition) is 0. The molecule has 0 amide bonds. The highest BCUT2D eigenvalue weighted by atomic mass is 127. The largest absolute Gasteiger partial charge is 0.493 e. The minimum atomic E-state index is -0.277. The van der Waals surface area contributed by atoms with Crippen molar-refractivity contribution < 1.29 is 13.9 Å². The highest BCUT2D eigenvalue weighted by Crippen LogP contribution is 2.34. The third-order valence-corrected chi connectivity index (χ3v) is 5.03. The number of rotatable bonds is 7. The van der Waals surface area contributed by atoms with Crippen molar-refractivity contribution in [3.8, 4) is 11.5 Å². The van der Waals surface area contributed by atoms with Crippen LogP contribution in [0.25, 0.3) is 0 Å². The second-order valence-electron chi connectivity index (χ2n) is 6.23. The van der Waals surface area contributed by atoms with E-state index in [1.165, 1.54) is 17.7 Å². The molecule has 3 aromatic rings. The molecule has 0 N–H and O–H groups in total. The molecule has 0 fully saturated rings.